The summed E-state index contributed by atoms with van der Waals surface area (Å²) in [5, 5.41) is 0. The Labute approximate surface area is 129 Å². The molecule has 1 heterocycles. The number of unbranched alkanes of at least 4 members (excludes halogenated alkanes) is 3. The van der Waals surface area contributed by atoms with E-state index in [0.29, 0.717) is 0 Å². The van der Waals surface area contributed by atoms with Gasteiger partial charge in [-0.3, -0.25) is 0 Å². The van der Waals surface area contributed by atoms with Gasteiger partial charge in [-0.1, -0.05) is 56.5 Å². The van der Waals surface area contributed by atoms with Crippen LogP contribution in [0, 0.1) is 3.77 Å². The Morgan fingerprint density at radius 1 is 1.05 bits per heavy atom. The fraction of sp³-hybridized carbons (Fsp3) is 0.412. The van der Waals surface area contributed by atoms with Gasteiger partial charge < -0.3 is 4.42 Å². The summed E-state index contributed by atoms with van der Waals surface area (Å²) in [6, 6.07) is 12.8. The van der Waals surface area contributed by atoms with Crippen molar-refractivity contribution in [1.29, 1.82) is 0 Å². The number of hydrogen-bond acceptors (Lipinski definition) is 1. The van der Waals surface area contributed by atoms with Crippen molar-refractivity contribution < 1.29 is 4.42 Å². The molecule has 1 aromatic carbocycles. The van der Waals surface area contributed by atoms with Crippen LogP contribution >= 0.6 is 22.6 Å². The highest BCUT2D eigenvalue weighted by Crippen LogP contribution is 2.22. The van der Waals surface area contributed by atoms with Crippen molar-refractivity contribution in [3.63, 3.8) is 0 Å². The van der Waals surface area contributed by atoms with E-state index in [4.69, 9.17) is 4.42 Å². The van der Waals surface area contributed by atoms with Crippen LogP contribution in [0.3, 0.4) is 0 Å². The fourth-order valence-electron chi connectivity index (χ4n) is 2.32. The van der Waals surface area contributed by atoms with E-state index < -0.39 is 0 Å². The number of benzene rings is 1. The van der Waals surface area contributed by atoms with E-state index >= 15 is 0 Å². The van der Waals surface area contributed by atoms with Crippen molar-refractivity contribution in [3.05, 3.63) is 57.1 Å². The normalized spacial score (nSPS) is 10.8. The lowest BCUT2D eigenvalue weighted by atomic mass is 10.0. The molecule has 0 N–H and O–H groups in total. The van der Waals surface area contributed by atoms with E-state index in [0.717, 1.165) is 16.6 Å². The maximum atomic E-state index is 5.85. The highest BCUT2D eigenvalue weighted by Gasteiger charge is 2.10. The van der Waals surface area contributed by atoms with Crippen molar-refractivity contribution in [1.82, 2.24) is 0 Å². The first kappa shape index (κ1) is 14.6. The third-order valence-corrected chi connectivity index (χ3v) is 3.89. The van der Waals surface area contributed by atoms with Gasteiger partial charge in [-0.15, -0.1) is 0 Å². The van der Waals surface area contributed by atoms with Crippen molar-refractivity contribution >= 4 is 22.6 Å². The molecule has 1 aromatic heterocycles. The van der Waals surface area contributed by atoms with Crippen LogP contribution in [-0.4, -0.2) is 0 Å². The van der Waals surface area contributed by atoms with Gasteiger partial charge in [0.25, 0.3) is 0 Å². The second kappa shape index (κ2) is 7.73. The number of aryl methyl sites for hydroxylation is 1. The van der Waals surface area contributed by atoms with Crippen molar-refractivity contribution in [2.75, 3.05) is 0 Å². The van der Waals surface area contributed by atoms with Gasteiger partial charge in [0.1, 0.15) is 5.76 Å². The summed E-state index contributed by atoms with van der Waals surface area (Å²) in [5.41, 5.74) is 2.71. The first-order valence-electron chi connectivity index (χ1n) is 7.10. The molecule has 0 aliphatic heterocycles. The molecule has 0 saturated heterocycles. The quantitative estimate of drug-likeness (QED) is 0.458. The van der Waals surface area contributed by atoms with Crippen molar-refractivity contribution in [2.24, 2.45) is 0 Å². The molecule has 0 amide bonds. The number of hydrogen-bond donors (Lipinski definition) is 0. The molecule has 2 heteroatoms. The smallest absolute Gasteiger partial charge is 0.164 e. The predicted molar refractivity (Wildman–Crippen MR) is 88.5 cm³/mol. The molecule has 0 radical (unpaired) electrons. The molecule has 0 aliphatic carbocycles. The Morgan fingerprint density at radius 3 is 2.58 bits per heavy atom. The first-order valence-corrected chi connectivity index (χ1v) is 8.18. The van der Waals surface area contributed by atoms with Gasteiger partial charge in [-0.05, 0) is 46.2 Å². The molecular formula is C17H21IO. The van der Waals surface area contributed by atoms with E-state index in [9.17, 15) is 0 Å². The zero-order valence-corrected chi connectivity index (χ0v) is 13.7. The number of rotatable bonds is 7. The minimum absolute atomic E-state index is 0.983. The van der Waals surface area contributed by atoms with Gasteiger partial charge in [0, 0.05) is 12.8 Å². The highest BCUT2D eigenvalue weighted by molar-refractivity contribution is 14.1. The molecule has 0 bridgehead atoms. The van der Waals surface area contributed by atoms with E-state index in [1.807, 2.05) is 0 Å². The zero-order valence-electron chi connectivity index (χ0n) is 11.5. The standard InChI is InChI=1S/C17H21IO/c1-2-3-4-8-11-16-15(13-17(18)19-16)12-14-9-6-5-7-10-14/h5-7,9-10,13H,2-4,8,11-12H2,1H3. The topological polar surface area (TPSA) is 13.1 Å². The number of halogens is 1. The molecule has 102 valence electrons. The van der Waals surface area contributed by atoms with Gasteiger partial charge in [0.15, 0.2) is 3.77 Å². The third kappa shape index (κ3) is 4.68. The van der Waals surface area contributed by atoms with Crippen LogP contribution in [0.4, 0.5) is 0 Å². The third-order valence-electron chi connectivity index (χ3n) is 3.36. The molecule has 1 nitrogen and oxygen atoms in total. The Bertz CT molecular complexity index is 487. The van der Waals surface area contributed by atoms with Gasteiger partial charge in [0.2, 0.25) is 0 Å². The minimum atomic E-state index is 0.983. The van der Waals surface area contributed by atoms with Crippen LogP contribution in [0.1, 0.15) is 49.5 Å². The monoisotopic (exact) mass is 368 g/mol. The van der Waals surface area contributed by atoms with E-state index in [1.165, 1.54) is 42.6 Å². The fourth-order valence-corrected chi connectivity index (χ4v) is 2.96. The molecule has 0 saturated carbocycles. The molecule has 2 aromatic rings. The van der Waals surface area contributed by atoms with Crippen LogP contribution in [0.2, 0.25) is 0 Å². The maximum absolute atomic E-state index is 5.85. The highest BCUT2D eigenvalue weighted by atomic mass is 127. The van der Waals surface area contributed by atoms with Crippen LogP contribution < -0.4 is 0 Å². The van der Waals surface area contributed by atoms with Gasteiger partial charge >= 0.3 is 0 Å². The zero-order chi connectivity index (χ0) is 13.5. The lowest BCUT2D eigenvalue weighted by Gasteiger charge is -2.03. The summed E-state index contributed by atoms with van der Waals surface area (Å²) >= 11 is 2.27. The molecule has 0 spiro atoms. The van der Waals surface area contributed by atoms with Crippen LogP contribution in [0.25, 0.3) is 0 Å². The molecule has 0 aliphatic rings. The Hall–Kier alpha value is -0.770. The second-order valence-corrected chi connectivity index (χ2v) is 6.04. The average Bonchev–Trinajstić information content (AvgIpc) is 2.76. The Balaban J connectivity index is 2.00. The van der Waals surface area contributed by atoms with E-state index in [1.54, 1.807) is 0 Å². The lowest BCUT2D eigenvalue weighted by molar-refractivity contribution is 0.470. The Kier molecular flexibility index (Phi) is 5.95. The van der Waals surface area contributed by atoms with Crippen molar-refractivity contribution in [2.45, 2.75) is 45.4 Å². The van der Waals surface area contributed by atoms with Crippen LogP contribution in [0.15, 0.2) is 40.8 Å². The molecular weight excluding hydrogens is 347 g/mol. The molecule has 0 unspecified atom stereocenters. The SMILES string of the molecule is CCCCCCc1oc(I)cc1Cc1ccccc1. The van der Waals surface area contributed by atoms with Crippen LogP contribution in [0.5, 0.6) is 0 Å². The molecule has 0 fully saturated rings. The minimum Gasteiger partial charge on any atom is -0.455 e. The molecule has 19 heavy (non-hydrogen) atoms. The van der Waals surface area contributed by atoms with Crippen LogP contribution in [-0.2, 0) is 12.8 Å². The number of furan rings is 1. The maximum Gasteiger partial charge on any atom is 0.164 e. The van der Waals surface area contributed by atoms with Gasteiger partial charge in [-0.2, -0.15) is 0 Å². The second-order valence-electron chi connectivity index (χ2n) is 4.97. The summed E-state index contributed by atoms with van der Waals surface area (Å²) < 4.78 is 6.86. The van der Waals surface area contributed by atoms with Crippen molar-refractivity contribution in [3.8, 4) is 0 Å². The lowest BCUT2D eigenvalue weighted by Crippen LogP contribution is -1.92. The van der Waals surface area contributed by atoms with E-state index in [-0.39, 0.29) is 0 Å². The summed E-state index contributed by atoms with van der Waals surface area (Å²) in [4.78, 5) is 0. The molecule has 2 rings (SSSR count). The Morgan fingerprint density at radius 2 is 1.84 bits per heavy atom. The molecule has 0 atom stereocenters. The first-order chi connectivity index (χ1) is 9.29. The predicted octanol–water partition coefficient (Wildman–Crippen LogP) is 5.60. The average molecular weight is 368 g/mol. The largest absolute Gasteiger partial charge is 0.455 e. The van der Waals surface area contributed by atoms with Gasteiger partial charge in [-0.25, -0.2) is 0 Å². The summed E-state index contributed by atoms with van der Waals surface area (Å²) in [6.45, 7) is 2.25. The summed E-state index contributed by atoms with van der Waals surface area (Å²) in [5.74, 6) is 1.18. The summed E-state index contributed by atoms with van der Waals surface area (Å²) in [6.07, 6.45) is 7.21. The van der Waals surface area contributed by atoms with Gasteiger partial charge in [0.05, 0.1) is 0 Å². The summed E-state index contributed by atoms with van der Waals surface area (Å²) in [7, 11) is 0. The van der Waals surface area contributed by atoms with E-state index in [2.05, 4.69) is 65.9 Å².